The monoisotopic (exact) mass is 204 g/mol. The molecule has 0 aliphatic rings. The third-order valence-corrected chi connectivity index (χ3v) is 2.17. The van der Waals surface area contributed by atoms with Crippen molar-refractivity contribution in [2.75, 3.05) is 12.4 Å². The maximum atomic E-state index is 6.86. The largest absolute Gasteiger partial charge is 0.496 e. The Morgan fingerprint density at radius 2 is 2.00 bits per heavy atom. The molecular formula is C12H16N2O. The minimum atomic E-state index is 0.897. The second-order valence-corrected chi connectivity index (χ2v) is 3.31. The van der Waals surface area contributed by atoms with E-state index in [2.05, 4.69) is 5.32 Å². The Kier molecular flexibility index (Phi) is 3.92. The van der Waals surface area contributed by atoms with Crippen molar-refractivity contribution in [1.82, 2.24) is 0 Å². The highest BCUT2D eigenvalue weighted by Gasteiger charge is 2.02. The highest BCUT2D eigenvalue weighted by atomic mass is 16.5. The van der Waals surface area contributed by atoms with Gasteiger partial charge in [0.15, 0.2) is 0 Å². The minimum absolute atomic E-state index is 0.897. The predicted octanol–water partition coefficient (Wildman–Crippen LogP) is 2.89. The second-order valence-electron chi connectivity index (χ2n) is 3.31. The minimum Gasteiger partial charge on any atom is -0.496 e. The van der Waals surface area contributed by atoms with E-state index in [4.69, 9.17) is 10.1 Å². The maximum absolute atomic E-state index is 6.86. The van der Waals surface area contributed by atoms with Crippen LogP contribution in [0.15, 0.2) is 24.4 Å². The van der Waals surface area contributed by atoms with Gasteiger partial charge in [-0.05, 0) is 43.2 Å². The standard InChI is InChI=1S/C12H16N2O/c1-9-8-12(15-3)10(2)7-11(9)14-6-4-5-13/h4-8,13-14H,1-3H3/b6-4-,13-5?. The van der Waals surface area contributed by atoms with Crippen molar-refractivity contribution in [3.8, 4) is 5.75 Å². The van der Waals surface area contributed by atoms with Gasteiger partial charge >= 0.3 is 0 Å². The molecule has 1 rings (SSSR count). The zero-order valence-electron chi connectivity index (χ0n) is 9.29. The van der Waals surface area contributed by atoms with Crippen LogP contribution < -0.4 is 10.1 Å². The molecule has 0 bridgehead atoms. The Balaban J connectivity index is 2.94. The molecule has 15 heavy (non-hydrogen) atoms. The second kappa shape index (κ2) is 5.20. The van der Waals surface area contributed by atoms with Crippen molar-refractivity contribution in [2.45, 2.75) is 13.8 Å². The zero-order valence-corrected chi connectivity index (χ0v) is 9.29. The molecule has 1 aromatic carbocycles. The van der Waals surface area contributed by atoms with Crippen LogP contribution in [0.3, 0.4) is 0 Å². The molecule has 3 nitrogen and oxygen atoms in total. The van der Waals surface area contributed by atoms with Crippen LogP contribution in [0.1, 0.15) is 11.1 Å². The summed E-state index contributed by atoms with van der Waals surface area (Å²) in [6.45, 7) is 4.02. The SMILES string of the molecule is COc1cc(C)c(N/C=C\C=N)cc1C. The Hall–Kier alpha value is -1.77. The van der Waals surface area contributed by atoms with Gasteiger partial charge in [-0.1, -0.05) is 0 Å². The van der Waals surface area contributed by atoms with Crippen molar-refractivity contribution < 1.29 is 4.74 Å². The fourth-order valence-electron chi connectivity index (χ4n) is 1.35. The molecule has 0 aromatic heterocycles. The topological polar surface area (TPSA) is 45.1 Å². The van der Waals surface area contributed by atoms with Gasteiger partial charge in [-0.15, -0.1) is 0 Å². The lowest BCUT2D eigenvalue weighted by Crippen LogP contribution is -1.94. The van der Waals surface area contributed by atoms with E-state index in [1.54, 1.807) is 19.4 Å². The van der Waals surface area contributed by atoms with Crippen molar-refractivity contribution >= 4 is 11.9 Å². The summed E-state index contributed by atoms with van der Waals surface area (Å²) in [4.78, 5) is 0. The third kappa shape index (κ3) is 2.84. The number of anilines is 1. The van der Waals surface area contributed by atoms with Gasteiger partial charge in [0.05, 0.1) is 7.11 Å². The van der Waals surface area contributed by atoms with Crippen LogP contribution in [-0.2, 0) is 0 Å². The molecule has 1 aromatic rings. The average Bonchev–Trinajstić information content (AvgIpc) is 2.23. The Labute approximate surface area is 90.3 Å². The quantitative estimate of drug-likeness (QED) is 0.741. The van der Waals surface area contributed by atoms with Gasteiger partial charge < -0.3 is 15.5 Å². The molecule has 0 aliphatic carbocycles. The molecule has 0 fully saturated rings. The normalized spacial score (nSPS) is 10.3. The molecule has 0 radical (unpaired) electrons. The summed E-state index contributed by atoms with van der Waals surface area (Å²) in [5.74, 6) is 0.897. The summed E-state index contributed by atoms with van der Waals surface area (Å²) in [6, 6.07) is 4.03. The van der Waals surface area contributed by atoms with Gasteiger partial charge in [0.2, 0.25) is 0 Å². The maximum Gasteiger partial charge on any atom is 0.122 e. The lowest BCUT2D eigenvalue weighted by Gasteiger charge is -2.10. The van der Waals surface area contributed by atoms with Gasteiger partial charge in [-0.2, -0.15) is 0 Å². The van der Waals surface area contributed by atoms with E-state index in [1.165, 1.54) is 6.21 Å². The van der Waals surface area contributed by atoms with Crippen LogP contribution in [0.4, 0.5) is 5.69 Å². The molecule has 2 N–H and O–H groups in total. The molecule has 80 valence electrons. The Morgan fingerprint density at radius 1 is 1.27 bits per heavy atom. The molecule has 0 aliphatic heterocycles. The molecule has 0 amide bonds. The summed E-state index contributed by atoms with van der Waals surface area (Å²) >= 11 is 0. The first kappa shape index (κ1) is 11.3. The van der Waals surface area contributed by atoms with Crippen LogP contribution in [0.2, 0.25) is 0 Å². The smallest absolute Gasteiger partial charge is 0.122 e. The van der Waals surface area contributed by atoms with E-state index in [-0.39, 0.29) is 0 Å². The Bertz CT molecular complexity index is 383. The molecule has 0 unspecified atom stereocenters. The fourth-order valence-corrected chi connectivity index (χ4v) is 1.35. The zero-order chi connectivity index (χ0) is 11.3. The van der Waals surface area contributed by atoms with E-state index in [0.29, 0.717) is 0 Å². The first-order valence-corrected chi connectivity index (χ1v) is 4.76. The predicted molar refractivity (Wildman–Crippen MR) is 64.0 cm³/mol. The number of hydrogen-bond acceptors (Lipinski definition) is 3. The van der Waals surface area contributed by atoms with Crippen LogP contribution in [0.5, 0.6) is 5.75 Å². The molecule has 0 saturated carbocycles. The first-order valence-electron chi connectivity index (χ1n) is 4.76. The van der Waals surface area contributed by atoms with Crippen molar-refractivity contribution in [3.05, 3.63) is 35.5 Å². The summed E-state index contributed by atoms with van der Waals surface area (Å²) in [7, 11) is 1.67. The lowest BCUT2D eigenvalue weighted by atomic mass is 10.1. The van der Waals surface area contributed by atoms with Crippen molar-refractivity contribution in [2.24, 2.45) is 0 Å². The van der Waals surface area contributed by atoms with Crippen LogP contribution >= 0.6 is 0 Å². The van der Waals surface area contributed by atoms with Crippen LogP contribution in [-0.4, -0.2) is 13.3 Å². The first-order chi connectivity index (χ1) is 7.19. The number of nitrogens with one attached hydrogen (secondary N) is 2. The van der Waals surface area contributed by atoms with Gasteiger partial charge in [-0.3, -0.25) is 0 Å². The van der Waals surface area contributed by atoms with Crippen molar-refractivity contribution in [1.29, 1.82) is 5.41 Å². The fraction of sp³-hybridized carbons (Fsp3) is 0.250. The molecule has 0 atom stereocenters. The number of benzene rings is 1. The number of rotatable bonds is 4. The van der Waals surface area contributed by atoms with Gasteiger partial charge in [0.1, 0.15) is 5.75 Å². The summed E-state index contributed by atoms with van der Waals surface area (Å²) in [5.41, 5.74) is 3.24. The lowest BCUT2D eigenvalue weighted by molar-refractivity contribution is 0.411. The number of ether oxygens (including phenoxy) is 1. The average molecular weight is 204 g/mol. The van der Waals surface area contributed by atoms with Crippen LogP contribution in [0, 0.1) is 19.3 Å². The number of allylic oxidation sites excluding steroid dienone is 1. The number of hydrogen-bond donors (Lipinski definition) is 2. The highest BCUT2D eigenvalue weighted by Crippen LogP contribution is 2.25. The van der Waals surface area contributed by atoms with Gasteiger partial charge in [0.25, 0.3) is 0 Å². The van der Waals surface area contributed by atoms with E-state index in [9.17, 15) is 0 Å². The molecular weight excluding hydrogens is 188 g/mol. The number of aryl methyl sites for hydroxylation is 2. The molecule has 0 saturated heterocycles. The Morgan fingerprint density at radius 3 is 2.60 bits per heavy atom. The molecule has 3 heteroatoms. The van der Waals surface area contributed by atoms with E-state index in [1.807, 2.05) is 26.0 Å². The molecule has 0 spiro atoms. The summed E-state index contributed by atoms with van der Waals surface area (Å²) < 4.78 is 5.22. The van der Waals surface area contributed by atoms with Gasteiger partial charge in [0, 0.05) is 18.1 Å². The summed E-state index contributed by atoms with van der Waals surface area (Å²) in [6.07, 6.45) is 4.61. The van der Waals surface area contributed by atoms with E-state index >= 15 is 0 Å². The third-order valence-electron chi connectivity index (χ3n) is 2.17. The summed E-state index contributed by atoms with van der Waals surface area (Å²) in [5, 5.41) is 9.98. The molecule has 0 heterocycles. The van der Waals surface area contributed by atoms with E-state index < -0.39 is 0 Å². The van der Waals surface area contributed by atoms with Crippen molar-refractivity contribution in [3.63, 3.8) is 0 Å². The van der Waals surface area contributed by atoms with Gasteiger partial charge in [-0.25, -0.2) is 0 Å². The van der Waals surface area contributed by atoms with E-state index in [0.717, 1.165) is 22.6 Å². The number of methoxy groups -OCH3 is 1. The highest BCUT2D eigenvalue weighted by molar-refractivity contribution is 5.69. The van der Waals surface area contributed by atoms with Crippen LogP contribution in [0.25, 0.3) is 0 Å².